The Labute approximate surface area is 364 Å². The highest BCUT2D eigenvalue weighted by atomic mass is 19.4. The summed E-state index contributed by atoms with van der Waals surface area (Å²) >= 11 is 0. The predicted octanol–water partition coefficient (Wildman–Crippen LogP) is 13.1. The van der Waals surface area contributed by atoms with Crippen molar-refractivity contribution < 1.29 is 46.1 Å². The molecule has 3 N–H and O–H groups in total. The monoisotopic (exact) mass is 868 g/mol. The van der Waals surface area contributed by atoms with Gasteiger partial charge in [0, 0.05) is 32.5 Å². The number of alkyl halides is 4. The van der Waals surface area contributed by atoms with Crippen LogP contribution in [-0.2, 0) is 17.8 Å². The molecule has 1 aliphatic rings. The number of rotatable bonds is 14. The van der Waals surface area contributed by atoms with Crippen LogP contribution in [0.15, 0.2) is 79.4 Å². The number of hydrogen-bond donors (Lipinski definition) is 2. The van der Waals surface area contributed by atoms with Crippen LogP contribution in [0.25, 0.3) is 27.5 Å². The number of hydrogen-bond acceptors (Lipinski definition) is 5. The average molecular weight is 869 g/mol. The van der Waals surface area contributed by atoms with Crippen molar-refractivity contribution in [3.05, 3.63) is 113 Å². The molecule has 1 heterocycles. The van der Waals surface area contributed by atoms with Gasteiger partial charge in [-0.25, -0.2) is 8.78 Å². The molecule has 12 heteroatoms. The van der Waals surface area contributed by atoms with Crippen LogP contribution in [0.4, 0.5) is 22.0 Å². The predicted molar refractivity (Wildman–Crippen MR) is 242 cm³/mol. The van der Waals surface area contributed by atoms with Crippen LogP contribution >= 0.6 is 0 Å². The molecule has 1 aliphatic heterocycles. The number of ether oxygens (including phenoxy) is 2. The van der Waals surface area contributed by atoms with Crippen LogP contribution in [0, 0.1) is 18.7 Å². The van der Waals surface area contributed by atoms with E-state index in [4.69, 9.17) is 20.3 Å². The van der Waals surface area contributed by atoms with E-state index in [-0.39, 0.29) is 12.0 Å². The lowest BCUT2D eigenvalue weighted by Crippen LogP contribution is -2.33. The largest absolute Gasteiger partial charge is 0.496 e. The van der Waals surface area contributed by atoms with Gasteiger partial charge in [-0.05, 0) is 102 Å². The van der Waals surface area contributed by atoms with Gasteiger partial charge in [-0.15, -0.1) is 0 Å². The Morgan fingerprint density at radius 2 is 1.56 bits per heavy atom. The van der Waals surface area contributed by atoms with Gasteiger partial charge in [-0.2, -0.15) is 13.2 Å². The quantitative estimate of drug-likeness (QED) is 0.0967. The van der Waals surface area contributed by atoms with E-state index in [2.05, 4.69) is 44.4 Å². The summed E-state index contributed by atoms with van der Waals surface area (Å²) in [5.41, 5.74) is 10.9. The number of carbonyl (C=O) groups is 2. The van der Waals surface area contributed by atoms with Crippen LogP contribution in [0.1, 0.15) is 112 Å². The summed E-state index contributed by atoms with van der Waals surface area (Å²) < 4.78 is 70.9. The molecule has 1 atom stereocenters. The Morgan fingerprint density at radius 1 is 0.984 bits per heavy atom. The molecule has 1 unspecified atom stereocenters. The van der Waals surface area contributed by atoms with Gasteiger partial charge >= 0.3 is 12.1 Å². The van der Waals surface area contributed by atoms with E-state index in [1.54, 1.807) is 34.1 Å². The highest BCUT2D eigenvalue weighted by Gasteiger charge is 2.23. The second-order valence-corrected chi connectivity index (χ2v) is 15.4. The first-order valence-electron chi connectivity index (χ1n) is 21.1. The lowest BCUT2D eigenvalue weighted by molar-refractivity contribution is -0.137. The second kappa shape index (κ2) is 26.3. The number of piperidine rings is 1. The van der Waals surface area contributed by atoms with Crippen LogP contribution in [-0.4, -0.2) is 61.5 Å². The van der Waals surface area contributed by atoms with E-state index in [9.17, 15) is 31.5 Å². The van der Waals surface area contributed by atoms with Crippen molar-refractivity contribution in [3.8, 4) is 22.6 Å². The van der Waals surface area contributed by atoms with Crippen LogP contribution in [0.5, 0.6) is 11.5 Å². The molecule has 0 radical (unpaired) electrons. The number of primary amides is 1. The number of unbranched alkanes of at least 4 members (excludes halogenated alkanes) is 1. The Hall–Kier alpha value is -5.23. The molecule has 1 saturated heterocycles. The number of aryl methyl sites for hydroxylation is 2. The van der Waals surface area contributed by atoms with Gasteiger partial charge in [0.25, 0.3) is 5.91 Å². The van der Waals surface area contributed by atoms with Crippen molar-refractivity contribution in [2.24, 2.45) is 11.7 Å². The number of methoxy groups -OCH3 is 2. The van der Waals surface area contributed by atoms with Crippen molar-refractivity contribution >= 4 is 28.2 Å². The van der Waals surface area contributed by atoms with E-state index in [1.807, 2.05) is 48.5 Å². The summed E-state index contributed by atoms with van der Waals surface area (Å²) in [5, 5.41) is 11.2. The van der Waals surface area contributed by atoms with Gasteiger partial charge in [-0.1, -0.05) is 107 Å². The summed E-state index contributed by atoms with van der Waals surface area (Å²) in [6.07, 6.45) is 4.70. The summed E-state index contributed by atoms with van der Waals surface area (Å²) in [5.74, 6) is 0.0690. The van der Waals surface area contributed by atoms with Gasteiger partial charge in [-0.3, -0.25) is 14.5 Å². The molecule has 0 aliphatic carbocycles. The number of carboxylic acids is 1. The fourth-order valence-electron chi connectivity index (χ4n) is 6.63. The van der Waals surface area contributed by atoms with Crippen LogP contribution in [0.3, 0.4) is 0 Å². The van der Waals surface area contributed by atoms with Crippen molar-refractivity contribution in [2.75, 3.05) is 27.3 Å². The third-order valence-electron chi connectivity index (χ3n) is 10.4. The molecule has 340 valence electrons. The van der Waals surface area contributed by atoms with Crippen molar-refractivity contribution in [1.82, 2.24) is 4.90 Å². The Morgan fingerprint density at radius 3 is 2.05 bits per heavy atom. The number of nitrogens with two attached hydrogens (primary N) is 1. The van der Waals surface area contributed by atoms with Gasteiger partial charge < -0.3 is 20.3 Å². The summed E-state index contributed by atoms with van der Waals surface area (Å²) in [4.78, 5) is 24.2. The first-order chi connectivity index (χ1) is 29.3. The average Bonchev–Trinajstić information content (AvgIpc) is 3.23. The van der Waals surface area contributed by atoms with E-state index in [0.717, 1.165) is 64.5 Å². The molecule has 0 bridgehead atoms. The van der Waals surface area contributed by atoms with Crippen LogP contribution < -0.4 is 15.2 Å². The summed E-state index contributed by atoms with van der Waals surface area (Å²) in [6, 6.07) is 19.1. The molecule has 4 aromatic rings. The molecule has 4 aromatic carbocycles. The number of likely N-dealkylation sites (tertiary alicyclic amines) is 1. The first-order valence-corrected chi connectivity index (χ1v) is 21.1. The minimum absolute atomic E-state index is 0.0463. The molecule has 0 aromatic heterocycles. The Kier molecular flexibility index (Phi) is 22.4. The van der Waals surface area contributed by atoms with E-state index in [0.29, 0.717) is 48.4 Å². The summed E-state index contributed by atoms with van der Waals surface area (Å²) in [7, 11) is 3.31. The Balaban J connectivity index is 0.000000372. The first kappa shape index (κ1) is 52.9. The number of aliphatic carboxylic acids is 1. The number of amides is 1. The third-order valence-corrected chi connectivity index (χ3v) is 10.4. The lowest BCUT2D eigenvalue weighted by Gasteiger charge is -2.29. The number of nitrogens with zero attached hydrogens (tertiary/aromatic N) is 1. The van der Waals surface area contributed by atoms with Gasteiger partial charge in [0.15, 0.2) is 0 Å². The number of fused-ring (bicyclic) bond motifs is 1. The van der Waals surface area contributed by atoms with Gasteiger partial charge in [0.2, 0.25) is 0 Å². The second-order valence-electron chi connectivity index (χ2n) is 15.4. The molecular formula is C50H65F5N2O5. The number of benzene rings is 4. The number of allylic oxidation sites excluding steroid dienone is 3. The standard InChI is InChI=1S/C27H30FNO4.C11H12FNO.C9H18.C3H5F3/c1-32-24-15-18(17-29-13-11-20(28)12-14-29)16-25(33-2)27(24)23-8-4-6-21-19(9-10-26(30)31)5-3-7-22(21)23;1-6(2)8-4-7(3)10(11(13)14)9(12)5-8;1-4-6-7-8-9(3)5-2;1-2-3(4,5)6/h3-8,15-16,20H,9-14,17H2,1-2H3,(H,30,31);4-5H,1H2,2-3H3,(H2,13,14);7-9H,4-6H2,1-3H3;2H2,1H3/b;;8-7-;. The minimum Gasteiger partial charge on any atom is -0.496 e. The van der Waals surface area contributed by atoms with Crippen LogP contribution in [0.2, 0.25) is 0 Å². The van der Waals surface area contributed by atoms with Crippen molar-refractivity contribution in [2.45, 2.75) is 112 Å². The number of carboxylic acid groups (broad SMARTS) is 1. The maximum atomic E-state index is 13.5. The zero-order valence-electron chi connectivity index (χ0n) is 37.6. The van der Waals surface area contributed by atoms with Gasteiger partial charge in [0.05, 0.1) is 25.3 Å². The lowest BCUT2D eigenvalue weighted by atomic mass is 9.92. The van der Waals surface area contributed by atoms with E-state index < -0.39 is 36.5 Å². The topological polar surface area (TPSA) is 102 Å². The molecule has 1 amide bonds. The normalized spacial score (nSPS) is 13.5. The molecule has 5 rings (SSSR count). The molecule has 0 spiro atoms. The van der Waals surface area contributed by atoms with Crippen molar-refractivity contribution in [1.29, 1.82) is 0 Å². The molecule has 62 heavy (non-hydrogen) atoms. The Bertz CT molecular complexity index is 2040. The highest BCUT2D eigenvalue weighted by molar-refractivity contribution is 6.01. The zero-order valence-corrected chi connectivity index (χ0v) is 37.6. The minimum atomic E-state index is -3.96. The SMILES string of the molecule is C=C(C)c1cc(C)c(C(N)=O)c(F)c1.CCC(F)(F)F.CCC/C=C\C(C)CC.COc1cc(CN2CCC(F)CC2)cc(OC)c1-c1cccc2c(CCC(=O)O)cccc12. The molecule has 1 fully saturated rings. The smallest absolute Gasteiger partial charge is 0.388 e. The van der Waals surface area contributed by atoms with Gasteiger partial charge in [0.1, 0.15) is 23.5 Å². The zero-order chi connectivity index (χ0) is 46.6. The fraction of sp³-hybridized carbons (Fsp3) is 0.440. The van der Waals surface area contributed by atoms with E-state index >= 15 is 0 Å². The fourth-order valence-corrected chi connectivity index (χ4v) is 6.63. The maximum Gasteiger partial charge on any atom is 0.388 e. The molecule has 0 saturated carbocycles. The number of halogens is 5. The maximum absolute atomic E-state index is 13.5. The molecule has 7 nitrogen and oxygen atoms in total. The van der Waals surface area contributed by atoms with Crippen molar-refractivity contribution in [3.63, 3.8) is 0 Å². The third kappa shape index (κ3) is 17.3. The number of carbonyl (C=O) groups excluding carboxylic acids is 1. The molecular weight excluding hydrogens is 804 g/mol. The summed E-state index contributed by atoms with van der Waals surface area (Å²) in [6.45, 7) is 17.1. The highest BCUT2D eigenvalue weighted by Crippen LogP contribution is 2.43. The van der Waals surface area contributed by atoms with E-state index in [1.165, 1.54) is 25.3 Å².